The summed E-state index contributed by atoms with van der Waals surface area (Å²) in [6.07, 6.45) is 1.56. The lowest BCUT2D eigenvalue weighted by Crippen LogP contribution is -3.28. The van der Waals surface area contributed by atoms with Crippen molar-refractivity contribution in [2.24, 2.45) is 5.10 Å². The molecule has 0 saturated carbocycles. The van der Waals surface area contributed by atoms with Crippen LogP contribution in [0.2, 0.25) is 10.0 Å². The van der Waals surface area contributed by atoms with Crippen LogP contribution >= 0.6 is 23.2 Å². The number of hydrazone groups is 1. The molecule has 0 radical (unpaired) electrons. The zero-order valence-corrected chi connectivity index (χ0v) is 14.2. The SMILES string of the molecule is CC[NH+]1CC[NH+](CC(=O)N/N=C\c2ccc(Cl)c(Cl)c2)CC1. The lowest BCUT2D eigenvalue weighted by molar-refractivity contribution is -1.01. The van der Waals surface area contributed by atoms with Gasteiger partial charge in [0.05, 0.1) is 22.8 Å². The molecule has 1 amide bonds. The first-order chi connectivity index (χ1) is 10.6. The first-order valence-electron chi connectivity index (χ1n) is 7.52. The van der Waals surface area contributed by atoms with Crippen molar-refractivity contribution in [3.63, 3.8) is 0 Å². The first-order valence-corrected chi connectivity index (χ1v) is 8.28. The molecular formula is C15H22Cl2N4O+2. The number of hydrogen-bond acceptors (Lipinski definition) is 2. The quantitative estimate of drug-likeness (QED) is 0.477. The summed E-state index contributed by atoms with van der Waals surface area (Å²) in [6, 6.07) is 5.20. The molecule has 3 N–H and O–H groups in total. The molecule has 0 bridgehead atoms. The van der Waals surface area contributed by atoms with E-state index in [0.29, 0.717) is 16.6 Å². The number of halogens is 2. The molecule has 1 saturated heterocycles. The number of carbonyl (C=O) groups is 1. The molecule has 1 aromatic carbocycles. The molecule has 0 aliphatic carbocycles. The number of benzene rings is 1. The molecule has 7 heteroatoms. The van der Waals surface area contributed by atoms with Crippen LogP contribution < -0.4 is 15.2 Å². The molecule has 1 heterocycles. The molecule has 0 unspecified atom stereocenters. The standard InChI is InChI=1S/C15H20Cl2N4O/c1-2-20-5-7-21(8-6-20)11-15(22)19-18-10-12-3-4-13(16)14(17)9-12/h3-4,9-10H,2,5-8,11H2,1H3,(H,19,22)/p+2/b18-10-. The third-order valence-electron chi connectivity index (χ3n) is 3.92. The highest BCUT2D eigenvalue weighted by atomic mass is 35.5. The van der Waals surface area contributed by atoms with E-state index in [1.165, 1.54) is 4.90 Å². The van der Waals surface area contributed by atoms with Crippen LogP contribution in [0.15, 0.2) is 23.3 Å². The van der Waals surface area contributed by atoms with Gasteiger partial charge in [-0.1, -0.05) is 29.3 Å². The predicted octanol–water partition coefficient (Wildman–Crippen LogP) is -0.753. The highest BCUT2D eigenvalue weighted by molar-refractivity contribution is 6.42. The number of hydrogen-bond donors (Lipinski definition) is 3. The third kappa shape index (κ3) is 5.25. The van der Waals surface area contributed by atoms with Gasteiger partial charge in [-0.25, -0.2) is 5.43 Å². The van der Waals surface area contributed by atoms with Gasteiger partial charge in [0.15, 0.2) is 6.54 Å². The second-order valence-electron chi connectivity index (χ2n) is 5.50. The number of rotatable bonds is 5. The van der Waals surface area contributed by atoms with Crippen molar-refractivity contribution in [2.75, 3.05) is 39.3 Å². The van der Waals surface area contributed by atoms with Crippen molar-refractivity contribution in [1.29, 1.82) is 0 Å². The van der Waals surface area contributed by atoms with Crippen molar-refractivity contribution in [3.05, 3.63) is 33.8 Å². The molecule has 0 atom stereocenters. The topological polar surface area (TPSA) is 50.3 Å². The lowest BCUT2D eigenvalue weighted by atomic mass is 10.2. The minimum absolute atomic E-state index is 0.0636. The molecule has 5 nitrogen and oxygen atoms in total. The number of nitrogens with zero attached hydrogens (tertiary/aromatic N) is 1. The molecule has 2 rings (SSSR count). The van der Waals surface area contributed by atoms with Crippen molar-refractivity contribution in [3.8, 4) is 0 Å². The van der Waals surface area contributed by atoms with Gasteiger partial charge in [-0.05, 0) is 24.6 Å². The van der Waals surface area contributed by atoms with E-state index >= 15 is 0 Å². The fraction of sp³-hybridized carbons (Fsp3) is 0.467. The summed E-state index contributed by atoms with van der Waals surface area (Å²) in [4.78, 5) is 14.8. The van der Waals surface area contributed by atoms with E-state index < -0.39 is 0 Å². The summed E-state index contributed by atoms with van der Waals surface area (Å²) in [5, 5.41) is 4.93. The van der Waals surface area contributed by atoms with Crippen LogP contribution in [0.5, 0.6) is 0 Å². The number of quaternary nitrogens is 2. The van der Waals surface area contributed by atoms with Crippen LogP contribution in [0.25, 0.3) is 0 Å². The normalized spacial score (nSPS) is 22.0. The van der Waals surface area contributed by atoms with E-state index in [0.717, 1.165) is 38.3 Å². The molecule has 0 spiro atoms. The Hall–Kier alpha value is -1.14. The summed E-state index contributed by atoms with van der Waals surface area (Å²) < 4.78 is 0. The smallest absolute Gasteiger partial charge is 0.295 e. The summed E-state index contributed by atoms with van der Waals surface area (Å²) >= 11 is 11.8. The molecule has 22 heavy (non-hydrogen) atoms. The first kappa shape index (κ1) is 17.2. The van der Waals surface area contributed by atoms with Gasteiger partial charge in [0.2, 0.25) is 0 Å². The summed E-state index contributed by atoms with van der Waals surface area (Å²) in [5.74, 6) is -0.0636. The molecule has 1 aliphatic heterocycles. The molecule has 1 fully saturated rings. The van der Waals surface area contributed by atoms with Crippen LogP contribution in [0, 0.1) is 0 Å². The Balaban J connectivity index is 1.75. The summed E-state index contributed by atoms with van der Waals surface area (Å²) in [5.41, 5.74) is 3.36. The number of nitrogens with one attached hydrogen (secondary N) is 3. The maximum absolute atomic E-state index is 11.9. The zero-order valence-electron chi connectivity index (χ0n) is 12.7. The lowest BCUT2D eigenvalue weighted by Gasteiger charge is -2.28. The number of piperazine rings is 1. The van der Waals surface area contributed by atoms with Crippen molar-refractivity contribution in [2.45, 2.75) is 6.92 Å². The number of amides is 1. The van der Waals surface area contributed by atoms with Gasteiger partial charge in [0.1, 0.15) is 26.2 Å². The fourth-order valence-corrected chi connectivity index (χ4v) is 2.83. The highest BCUT2D eigenvalue weighted by Crippen LogP contribution is 2.21. The Morgan fingerprint density at radius 1 is 1.23 bits per heavy atom. The number of carbonyl (C=O) groups excluding carboxylic acids is 1. The Kier molecular flexibility index (Phi) is 6.64. The van der Waals surface area contributed by atoms with E-state index in [4.69, 9.17) is 23.2 Å². The van der Waals surface area contributed by atoms with Gasteiger partial charge in [0, 0.05) is 0 Å². The van der Waals surface area contributed by atoms with E-state index in [1.807, 2.05) is 0 Å². The van der Waals surface area contributed by atoms with Gasteiger partial charge in [-0.2, -0.15) is 5.10 Å². The predicted molar refractivity (Wildman–Crippen MR) is 89.0 cm³/mol. The van der Waals surface area contributed by atoms with E-state index in [-0.39, 0.29) is 5.91 Å². The molecule has 120 valence electrons. The van der Waals surface area contributed by atoms with Crippen LogP contribution in [-0.4, -0.2) is 51.4 Å². The maximum atomic E-state index is 11.9. The summed E-state index contributed by atoms with van der Waals surface area (Å²) in [7, 11) is 0. The molecule has 1 aliphatic rings. The number of likely N-dealkylation sites (N-methyl/N-ethyl adjacent to an activating group) is 1. The maximum Gasteiger partial charge on any atom is 0.295 e. The van der Waals surface area contributed by atoms with Crippen LogP contribution in [0.4, 0.5) is 0 Å². The average Bonchev–Trinajstić information content (AvgIpc) is 2.51. The van der Waals surface area contributed by atoms with Gasteiger partial charge >= 0.3 is 0 Å². The minimum atomic E-state index is -0.0636. The summed E-state index contributed by atoms with van der Waals surface area (Å²) in [6.45, 7) is 8.16. The minimum Gasteiger partial charge on any atom is -0.326 e. The van der Waals surface area contributed by atoms with Gasteiger partial charge in [0.25, 0.3) is 5.91 Å². The molecular weight excluding hydrogens is 323 g/mol. The van der Waals surface area contributed by atoms with Crippen LogP contribution in [0.3, 0.4) is 0 Å². The van der Waals surface area contributed by atoms with Crippen LogP contribution in [-0.2, 0) is 4.79 Å². The Bertz CT molecular complexity index is 542. The van der Waals surface area contributed by atoms with Gasteiger partial charge in [-0.15, -0.1) is 0 Å². The third-order valence-corrected chi connectivity index (χ3v) is 4.66. The second-order valence-corrected chi connectivity index (χ2v) is 6.31. The Labute approximate surface area is 140 Å². The average molecular weight is 345 g/mol. The zero-order chi connectivity index (χ0) is 15.9. The fourth-order valence-electron chi connectivity index (χ4n) is 2.53. The molecule has 0 aromatic heterocycles. The van der Waals surface area contributed by atoms with Crippen molar-refractivity contribution < 1.29 is 14.6 Å². The highest BCUT2D eigenvalue weighted by Gasteiger charge is 2.23. The van der Waals surface area contributed by atoms with Gasteiger partial charge < -0.3 is 9.80 Å². The monoisotopic (exact) mass is 344 g/mol. The van der Waals surface area contributed by atoms with Crippen molar-refractivity contribution >= 4 is 35.3 Å². The van der Waals surface area contributed by atoms with Gasteiger partial charge in [-0.3, -0.25) is 4.79 Å². The second kappa shape index (κ2) is 8.48. The Morgan fingerprint density at radius 2 is 1.91 bits per heavy atom. The van der Waals surface area contributed by atoms with E-state index in [1.54, 1.807) is 29.3 Å². The van der Waals surface area contributed by atoms with Crippen molar-refractivity contribution in [1.82, 2.24) is 5.43 Å². The largest absolute Gasteiger partial charge is 0.326 e. The van der Waals surface area contributed by atoms with E-state index in [2.05, 4.69) is 17.5 Å². The Morgan fingerprint density at radius 3 is 2.55 bits per heavy atom. The van der Waals surface area contributed by atoms with E-state index in [9.17, 15) is 4.79 Å². The van der Waals surface area contributed by atoms with Crippen LogP contribution in [0.1, 0.15) is 12.5 Å². The molecule has 1 aromatic rings.